The first-order valence-electron chi connectivity index (χ1n) is 8.44. The van der Waals surface area contributed by atoms with Crippen molar-refractivity contribution in [3.05, 3.63) is 58.4 Å². The Morgan fingerprint density at radius 3 is 2.48 bits per heavy atom. The zero-order chi connectivity index (χ0) is 20.0. The van der Waals surface area contributed by atoms with Crippen LogP contribution >= 0.6 is 11.6 Å². The number of amides is 2. The van der Waals surface area contributed by atoms with Crippen molar-refractivity contribution in [3.8, 4) is 5.75 Å². The van der Waals surface area contributed by atoms with E-state index in [1.807, 2.05) is 6.92 Å². The fourth-order valence-corrected chi connectivity index (χ4v) is 2.69. The Bertz CT molecular complexity index is 825. The number of aryl methyl sites for hydroxylation is 1. The molecule has 2 rings (SSSR count). The molecule has 0 aliphatic heterocycles. The Balaban J connectivity index is 1.99. The average molecular weight is 393 g/mol. The van der Waals surface area contributed by atoms with Crippen LogP contribution in [0.15, 0.2) is 36.4 Å². The fourth-order valence-electron chi connectivity index (χ4n) is 2.54. The molecular weight excluding hydrogens is 371 g/mol. The lowest BCUT2D eigenvalue weighted by atomic mass is 10.2. The van der Waals surface area contributed by atoms with Crippen LogP contribution in [-0.4, -0.2) is 30.4 Å². The molecule has 2 aromatic carbocycles. The van der Waals surface area contributed by atoms with Crippen LogP contribution in [0.2, 0.25) is 5.02 Å². The third kappa shape index (κ3) is 5.96. The molecule has 2 amide bonds. The zero-order valence-electron chi connectivity index (χ0n) is 15.5. The number of rotatable bonds is 7. The highest BCUT2D eigenvalue weighted by atomic mass is 35.5. The number of hydrogen-bond donors (Lipinski definition) is 1. The molecule has 0 unspecified atom stereocenters. The van der Waals surface area contributed by atoms with Gasteiger partial charge >= 0.3 is 0 Å². The van der Waals surface area contributed by atoms with Crippen LogP contribution < -0.4 is 10.1 Å². The molecule has 0 bridgehead atoms. The van der Waals surface area contributed by atoms with E-state index in [1.54, 1.807) is 24.3 Å². The van der Waals surface area contributed by atoms with Crippen LogP contribution in [0.25, 0.3) is 0 Å². The van der Waals surface area contributed by atoms with E-state index in [4.69, 9.17) is 16.3 Å². The summed E-state index contributed by atoms with van der Waals surface area (Å²) in [5.74, 6) is -0.277. The van der Waals surface area contributed by atoms with Crippen molar-refractivity contribution < 1.29 is 18.7 Å². The first-order valence-corrected chi connectivity index (χ1v) is 8.82. The van der Waals surface area contributed by atoms with Gasteiger partial charge in [-0.25, -0.2) is 4.39 Å². The second kappa shape index (κ2) is 9.37. The first kappa shape index (κ1) is 20.7. The Kier molecular flexibility index (Phi) is 7.19. The molecule has 0 aliphatic rings. The zero-order valence-corrected chi connectivity index (χ0v) is 16.3. The minimum absolute atomic E-state index is 0.117. The van der Waals surface area contributed by atoms with Gasteiger partial charge in [-0.05, 0) is 36.2 Å². The van der Waals surface area contributed by atoms with Gasteiger partial charge in [-0.2, -0.15) is 0 Å². The summed E-state index contributed by atoms with van der Waals surface area (Å²) in [6.45, 7) is 3.82. The number of ether oxygens (including phenoxy) is 1. The van der Waals surface area contributed by atoms with Gasteiger partial charge in [-0.1, -0.05) is 23.7 Å². The standard InChI is InChI=1S/C20H22ClFN2O3/c1-13-10-18(19(27-3)11-17(13)21)23-20(26)8-9-24(14(2)25)12-15-4-6-16(22)7-5-15/h4-7,10-11H,8-9,12H2,1-3H3,(H,23,26). The largest absolute Gasteiger partial charge is 0.495 e. The van der Waals surface area contributed by atoms with E-state index in [0.717, 1.165) is 11.1 Å². The molecule has 0 radical (unpaired) electrons. The van der Waals surface area contributed by atoms with Gasteiger partial charge in [0.25, 0.3) is 0 Å². The van der Waals surface area contributed by atoms with Gasteiger partial charge in [0.2, 0.25) is 11.8 Å². The van der Waals surface area contributed by atoms with Gasteiger partial charge in [-0.15, -0.1) is 0 Å². The van der Waals surface area contributed by atoms with Gasteiger partial charge in [-0.3, -0.25) is 9.59 Å². The van der Waals surface area contributed by atoms with Crippen LogP contribution in [0.5, 0.6) is 5.75 Å². The summed E-state index contributed by atoms with van der Waals surface area (Å²) < 4.78 is 18.2. The molecule has 0 atom stereocenters. The second-order valence-corrected chi connectivity index (χ2v) is 6.57. The van der Waals surface area contributed by atoms with E-state index in [2.05, 4.69) is 5.32 Å². The van der Waals surface area contributed by atoms with Crippen molar-refractivity contribution in [2.24, 2.45) is 0 Å². The van der Waals surface area contributed by atoms with E-state index in [1.165, 1.54) is 31.1 Å². The summed E-state index contributed by atoms with van der Waals surface area (Å²) in [5, 5.41) is 3.33. The smallest absolute Gasteiger partial charge is 0.226 e. The molecule has 0 aliphatic carbocycles. The number of carbonyl (C=O) groups excluding carboxylic acids is 2. The van der Waals surface area contributed by atoms with Crippen molar-refractivity contribution in [1.82, 2.24) is 4.90 Å². The number of halogens is 2. The molecule has 0 aromatic heterocycles. The van der Waals surface area contributed by atoms with Crippen LogP contribution in [0.4, 0.5) is 10.1 Å². The monoisotopic (exact) mass is 392 g/mol. The Labute approximate surface area is 163 Å². The maximum atomic E-state index is 13.0. The van der Waals surface area contributed by atoms with Gasteiger partial charge in [0.05, 0.1) is 12.8 Å². The number of hydrogen-bond acceptors (Lipinski definition) is 3. The highest BCUT2D eigenvalue weighted by Gasteiger charge is 2.14. The first-order chi connectivity index (χ1) is 12.8. The van der Waals surface area contributed by atoms with Gasteiger partial charge in [0.15, 0.2) is 0 Å². The summed E-state index contributed by atoms with van der Waals surface area (Å²) >= 11 is 6.07. The molecule has 0 saturated carbocycles. The molecule has 144 valence electrons. The predicted molar refractivity (Wildman–Crippen MR) is 103 cm³/mol. The third-order valence-electron chi connectivity index (χ3n) is 4.10. The van der Waals surface area contributed by atoms with Crippen LogP contribution in [-0.2, 0) is 16.1 Å². The lowest BCUT2D eigenvalue weighted by Crippen LogP contribution is -2.31. The molecule has 2 aromatic rings. The van der Waals surface area contributed by atoms with Gasteiger partial charge < -0.3 is 15.0 Å². The number of benzene rings is 2. The van der Waals surface area contributed by atoms with Crippen LogP contribution in [0.3, 0.4) is 0 Å². The summed E-state index contributed by atoms with van der Waals surface area (Å²) in [6, 6.07) is 9.30. The van der Waals surface area contributed by atoms with Crippen molar-refractivity contribution in [2.45, 2.75) is 26.8 Å². The summed E-state index contributed by atoms with van der Waals surface area (Å²) in [7, 11) is 1.50. The third-order valence-corrected chi connectivity index (χ3v) is 4.50. The van der Waals surface area contributed by atoms with Crippen molar-refractivity contribution in [3.63, 3.8) is 0 Å². The molecule has 0 fully saturated rings. The molecule has 1 N–H and O–H groups in total. The SMILES string of the molecule is COc1cc(Cl)c(C)cc1NC(=O)CCN(Cc1ccc(F)cc1)C(C)=O. The maximum absolute atomic E-state index is 13.0. The minimum Gasteiger partial charge on any atom is -0.495 e. The number of nitrogens with zero attached hydrogens (tertiary/aromatic N) is 1. The van der Waals surface area contributed by atoms with Gasteiger partial charge in [0, 0.05) is 37.5 Å². The van der Waals surface area contributed by atoms with E-state index >= 15 is 0 Å². The molecule has 0 spiro atoms. The average Bonchev–Trinajstić information content (AvgIpc) is 2.62. The Morgan fingerprint density at radius 2 is 1.89 bits per heavy atom. The molecular formula is C20H22ClFN2O3. The van der Waals surface area contributed by atoms with Crippen LogP contribution in [0.1, 0.15) is 24.5 Å². The van der Waals surface area contributed by atoms with Crippen molar-refractivity contribution in [1.29, 1.82) is 0 Å². The molecule has 7 heteroatoms. The lowest BCUT2D eigenvalue weighted by molar-refractivity contribution is -0.129. The van der Waals surface area contributed by atoms with E-state index < -0.39 is 0 Å². The number of carbonyl (C=O) groups is 2. The Morgan fingerprint density at radius 1 is 1.22 bits per heavy atom. The molecule has 0 saturated heterocycles. The van der Waals surface area contributed by atoms with Crippen molar-refractivity contribution >= 4 is 29.1 Å². The fraction of sp³-hybridized carbons (Fsp3) is 0.300. The Hall–Kier alpha value is -2.60. The van der Waals surface area contributed by atoms with E-state index in [0.29, 0.717) is 23.0 Å². The maximum Gasteiger partial charge on any atom is 0.226 e. The van der Waals surface area contributed by atoms with Crippen molar-refractivity contribution in [2.75, 3.05) is 19.0 Å². The van der Waals surface area contributed by atoms with E-state index in [-0.39, 0.29) is 30.6 Å². The normalized spacial score (nSPS) is 10.4. The quantitative estimate of drug-likeness (QED) is 0.769. The van der Waals surface area contributed by atoms with E-state index in [9.17, 15) is 14.0 Å². The highest BCUT2D eigenvalue weighted by molar-refractivity contribution is 6.31. The second-order valence-electron chi connectivity index (χ2n) is 6.17. The minimum atomic E-state index is -0.334. The molecule has 27 heavy (non-hydrogen) atoms. The molecule has 5 nitrogen and oxygen atoms in total. The number of nitrogens with one attached hydrogen (secondary N) is 1. The topological polar surface area (TPSA) is 58.6 Å². The predicted octanol–water partition coefficient (Wildman–Crippen LogP) is 4.17. The van der Waals surface area contributed by atoms with Crippen LogP contribution in [0, 0.1) is 12.7 Å². The number of methoxy groups -OCH3 is 1. The summed E-state index contributed by atoms with van der Waals surface area (Å²) in [6.07, 6.45) is 0.117. The highest BCUT2D eigenvalue weighted by Crippen LogP contribution is 2.31. The summed E-state index contributed by atoms with van der Waals surface area (Å²) in [5.41, 5.74) is 2.13. The summed E-state index contributed by atoms with van der Waals surface area (Å²) in [4.78, 5) is 25.7. The number of anilines is 1. The van der Waals surface area contributed by atoms with Gasteiger partial charge in [0.1, 0.15) is 11.6 Å². The lowest BCUT2D eigenvalue weighted by Gasteiger charge is -2.21. The molecule has 0 heterocycles.